The minimum Gasteiger partial charge on any atom is -0.380 e. The Kier molecular flexibility index (Phi) is 4.39. The average Bonchev–Trinajstić information content (AvgIpc) is 2.39. The van der Waals surface area contributed by atoms with Crippen LogP contribution >= 0.6 is 27.5 Å². The fourth-order valence-electron chi connectivity index (χ4n) is 1.59. The van der Waals surface area contributed by atoms with Crippen LogP contribution in [0.15, 0.2) is 46.9 Å². The molecule has 1 N–H and O–H groups in total. The van der Waals surface area contributed by atoms with Crippen LogP contribution in [0.2, 0.25) is 5.02 Å². The number of nitrogens with one attached hydrogen (secondary N) is 1. The van der Waals surface area contributed by atoms with Crippen LogP contribution in [0.4, 0.5) is 11.4 Å². The Balaban J connectivity index is 2.12. The summed E-state index contributed by atoms with van der Waals surface area (Å²) in [6.45, 7) is 0.552. The normalized spacial score (nSPS) is 10.2. The summed E-state index contributed by atoms with van der Waals surface area (Å²) in [5.41, 5.74) is 1.80. The second-order valence-electron chi connectivity index (χ2n) is 3.87. The molecule has 19 heavy (non-hydrogen) atoms. The van der Waals surface area contributed by atoms with E-state index in [2.05, 4.69) is 21.2 Å². The largest absolute Gasteiger partial charge is 0.380 e. The van der Waals surface area contributed by atoms with E-state index < -0.39 is 4.92 Å². The Morgan fingerprint density at radius 2 is 2.00 bits per heavy atom. The first kappa shape index (κ1) is 13.8. The summed E-state index contributed by atoms with van der Waals surface area (Å²) in [6.07, 6.45) is 0. The summed E-state index contributed by atoms with van der Waals surface area (Å²) >= 11 is 9.36. The first-order valence-electron chi connectivity index (χ1n) is 5.49. The molecule has 2 aromatic carbocycles. The molecule has 0 saturated carbocycles. The van der Waals surface area contributed by atoms with Crippen molar-refractivity contribution < 1.29 is 4.92 Å². The third-order valence-electron chi connectivity index (χ3n) is 2.59. The lowest BCUT2D eigenvalue weighted by molar-refractivity contribution is -0.384. The quantitative estimate of drug-likeness (QED) is 0.652. The lowest BCUT2D eigenvalue weighted by Crippen LogP contribution is -2.01. The van der Waals surface area contributed by atoms with Crippen molar-refractivity contribution in [3.05, 3.63) is 67.6 Å². The number of anilines is 1. The van der Waals surface area contributed by atoms with Crippen molar-refractivity contribution in [1.82, 2.24) is 0 Å². The van der Waals surface area contributed by atoms with Crippen molar-refractivity contribution in [2.24, 2.45) is 0 Å². The molecule has 0 spiro atoms. The van der Waals surface area contributed by atoms with Crippen LogP contribution in [-0.4, -0.2) is 4.92 Å². The highest BCUT2D eigenvalue weighted by molar-refractivity contribution is 9.10. The summed E-state index contributed by atoms with van der Waals surface area (Å²) in [7, 11) is 0. The lowest BCUT2D eigenvalue weighted by atomic mass is 10.2. The highest BCUT2D eigenvalue weighted by atomic mass is 79.9. The number of hydrogen-bond acceptors (Lipinski definition) is 3. The predicted molar refractivity (Wildman–Crippen MR) is 79.6 cm³/mol. The molecule has 0 aliphatic carbocycles. The van der Waals surface area contributed by atoms with Gasteiger partial charge in [-0.05, 0) is 33.6 Å². The van der Waals surface area contributed by atoms with Gasteiger partial charge in [-0.1, -0.05) is 29.8 Å². The molecule has 0 heterocycles. The molecule has 4 nitrogen and oxygen atoms in total. The fraction of sp³-hybridized carbons (Fsp3) is 0.0769. The van der Waals surface area contributed by atoms with Crippen molar-refractivity contribution in [2.45, 2.75) is 6.54 Å². The summed E-state index contributed by atoms with van der Waals surface area (Å²) in [5.74, 6) is 0. The van der Waals surface area contributed by atoms with Gasteiger partial charge in [-0.2, -0.15) is 0 Å². The molecule has 0 aliphatic heterocycles. The monoisotopic (exact) mass is 340 g/mol. The molecule has 2 rings (SSSR count). The summed E-state index contributed by atoms with van der Waals surface area (Å²) in [4.78, 5) is 10.2. The number of nitro groups is 1. The summed E-state index contributed by atoms with van der Waals surface area (Å²) in [6, 6.07) is 12.1. The maximum absolute atomic E-state index is 10.6. The standard InChI is InChI=1S/C13H10BrClN2O2/c14-11-7-10(17(18)19)5-6-13(11)16-8-9-3-1-2-4-12(9)15/h1-7,16H,8H2. The van der Waals surface area contributed by atoms with E-state index in [0.29, 0.717) is 16.0 Å². The zero-order valence-electron chi connectivity index (χ0n) is 9.77. The van der Waals surface area contributed by atoms with Gasteiger partial charge in [0.2, 0.25) is 0 Å². The smallest absolute Gasteiger partial charge is 0.270 e. The molecule has 2 aromatic rings. The number of nitrogens with zero attached hydrogens (tertiary/aromatic N) is 1. The van der Waals surface area contributed by atoms with Crippen LogP contribution in [0.5, 0.6) is 0 Å². The molecule has 0 fully saturated rings. The lowest BCUT2D eigenvalue weighted by Gasteiger charge is -2.09. The number of hydrogen-bond donors (Lipinski definition) is 1. The van der Waals surface area contributed by atoms with Crippen molar-refractivity contribution in [1.29, 1.82) is 0 Å². The fourth-order valence-corrected chi connectivity index (χ4v) is 2.30. The van der Waals surface area contributed by atoms with Crippen LogP contribution in [-0.2, 0) is 6.54 Å². The summed E-state index contributed by atoms with van der Waals surface area (Å²) < 4.78 is 0.647. The van der Waals surface area contributed by atoms with E-state index in [1.165, 1.54) is 12.1 Å². The van der Waals surface area contributed by atoms with E-state index in [-0.39, 0.29) is 5.69 Å². The van der Waals surface area contributed by atoms with E-state index in [1.54, 1.807) is 6.07 Å². The minimum absolute atomic E-state index is 0.0511. The van der Waals surface area contributed by atoms with Crippen LogP contribution in [0.3, 0.4) is 0 Å². The highest BCUT2D eigenvalue weighted by Crippen LogP contribution is 2.28. The molecule has 0 unspecified atom stereocenters. The van der Waals surface area contributed by atoms with Crippen LogP contribution in [0.25, 0.3) is 0 Å². The zero-order valence-corrected chi connectivity index (χ0v) is 12.1. The molecular formula is C13H10BrClN2O2. The predicted octanol–water partition coefficient (Wildman–Crippen LogP) is 4.62. The molecule has 0 amide bonds. The molecule has 0 atom stereocenters. The van der Waals surface area contributed by atoms with Gasteiger partial charge in [0.25, 0.3) is 5.69 Å². The van der Waals surface area contributed by atoms with Gasteiger partial charge in [0.15, 0.2) is 0 Å². The Bertz CT molecular complexity index is 619. The van der Waals surface area contributed by atoms with E-state index in [4.69, 9.17) is 11.6 Å². The Morgan fingerprint density at radius 1 is 1.26 bits per heavy atom. The second-order valence-corrected chi connectivity index (χ2v) is 5.13. The molecule has 98 valence electrons. The Labute approximate surface area is 123 Å². The Morgan fingerprint density at radius 3 is 2.63 bits per heavy atom. The molecule has 0 radical (unpaired) electrons. The molecular weight excluding hydrogens is 332 g/mol. The molecule has 0 saturated heterocycles. The van der Waals surface area contributed by atoms with E-state index >= 15 is 0 Å². The van der Waals surface area contributed by atoms with Crippen LogP contribution in [0.1, 0.15) is 5.56 Å². The average molecular weight is 342 g/mol. The third-order valence-corrected chi connectivity index (χ3v) is 3.62. The second kappa shape index (κ2) is 6.04. The zero-order chi connectivity index (χ0) is 13.8. The molecule has 6 heteroatoms. The van der Waals surface area contributed by atoms with Gasteiger partial charge in [0, 0.05) is 33.9 Å². The number of non-ortho nitro benzene ring substituents is 1. The van der Waals surface area contributed by atoms with Crippen LogP contribution in [0, 0.1) is 10.1 Å². The van der Waals surface area contributed by atoms with Crippen LogP contribution < -0.4 is 5.32 Å². The molecule has 0 aromatic heterocycles. The number of nitro benzene ring substituents is 1. The number of rotatable bonds is 4. The Hall–Kier alpha value is -1.59. The third kappa shape index (κ3) is 3.45. The van der Waals surface area contributed by atoms with E-state index in [0.717, 1.165) is 11.3 Å². The van der Waals surface area contributed by atoms with Gasteiger partial charge in [-0.3, -0.25) is 10.1 Å². The van der Waals surface area contributed by atoms with E-state index in [1.807, 2.05) is 24.3 Å². The van der Waals surface area contributed by atoms with Crippen molar-refractivity contribution in [3.63, 3.8) is 0 Å². The maximum Gasteiger partial charge on any atom is 0.270 e. The van der Waals surface area contributed by atoms with Gasteiger partial charge in [-0.15, -0.1) is 0 Å². The maximum atomic E-state index is 10.6. The first-order chi connectivity index (χ1) is 9.08. The van der Waals surface area contributed by atoms with Crippen molar-refractivity contribution >= 4 is 38.9 Å². The molecule has 0 aliphatic rings. The SMILES string of the molecule is O=[N+]([O-])c1ccc(NCc2ccccc2Cl)c(Br)c1. The minimum atomic E-state index is -0.428. The van der Waals surface area contributed by atoms with Crippen molar-refractivity contribution in [2.75, 3.05) is 5.32 Å². The summed E-state index contributed by atoms with van der Waals surface area (Å²) in [5, 5.41) is 14.5. The van der Waals surface area contributed by atoms with Gasteiger partial charge in [0.05, 0.1) is 4.92 Å². The van der Waals surface area contributed by atoms with Gasteiger partial charge < -0.3 is 5.32 Å². The number of benzene rings is 2. The van der Waals surface area contributed by atoms with Crippen molar-refractivity contribution in [3.8, 4) is 0 Å². The van der Waals surface area contributed by atoms with Gasteiger partial charge in [-0.25, -0.2) is 0 Å². The highest BCUT2D eigenvalue weighted by Gasteiger charge is 2.09. The van der Waals surface area contributed by atoms with Gasteiger partial charge >= 0.3 is 0 Å². The first-order valence-corrected chi connectivity index (χ1v) is 6.66. The van der Waals surface area contributed by atoms with Gasteiger partial charge in [0.1, 0.15) is 0 Å². The topological polar surface area (TPSA) is 55.2 Å². The number of halogens is 2. The molecule has 0 bridgehead atoms. The van der Waals surface area contributed by atoms with E-state index in [9.17, 15) is 10.1 Å².